The molecule has 3 nitrogen and oxygen atoms in total. The van der Waals surface area contributed by atoms with E-state index in [1.165, 1.54) is 12.1 Å². The molecule has 0 saturated heterocycles. The molecule has 3 aromatic carbocycles. The van der Waals surface area contributed by atoms with Crippen molar-refractivity contribution in [2.45, 2.75) is 6.18 Å². The predicted molar refractivity (Wildman–Crippen MR) is 101 cm³/mol. The van der Waals surface area contributed by atoms with Crippen molar-refractivity contribution in [1.82, 2.24) is 9.97 Å². The van der Waals surface area contributed by atoms with Crippen molar-refractivity contribution in [2.24, 2.45) is 0 Å². The van der Waals surface area contributed by atoms with E-state index in [0.717, 1.165) is 28.8 Å². The van der Waals surface area contributed by atoms with Crippen LogP contribution < -0.4 is 0 Å². The van der Waals surface area contributed by atoms with Crippen LogP contribution in [0.2, 0.25) is 0 Å². The van der Waals surface area contributed by atoms with Gasteiger partial charge in [0.2, 0.25) is 0 Å². The first-order chi connectivity index (χ1) is 13.4. The summed E-state index contributed by atoms with van der Waals surface area (Å²) in [6.07, 6.45) is -4.36. The lowest BCUT2D eigenvalue weighted by molar-refractivity contribution is -0.137. The number of nitrogens with zero attached hydrogens (tertiary/aromatic N) is 2. The lowest BCUT2D eigenvalue weighted by atomic mass is 10.0. The summed E-state index contributed by atoms with van der Waals surface area (Å²) in [5.41, 5.74) is 5.26. The molecule has 5 rings (SSSR count). The average Bonchev–Trinajstić information content (AvgIpc) is 2.97. The van der Waals surface area contributed by atoms with Crippen LogP contribution in [0.4, 0.5) is 13.2 Å². The fourth-order valence-electron chi connectivity index (χ4n) is 3.48. The molecule has 0 spiro atoms. The summed E-state index contributed by atoms with van der Waals surface area (Å²) in [5, 5.41) is 8.38. The maximum Gasteiger partial charge on any atom is 0.416 e. The van der Waals surface area contributed by atoms with E-state index < -0.39 is 11.7 Å². The van der Waals surface area contributed by atoms with E-state index in [9.17, 15) is 13.2 Å². The highest BCUT2D eigenvalue weighted by molar-refractivity contribution is 6.21. The third kappa shape index (κ3) is 2.49. The molecule has 1 aromatic heterocycles. The highest BCUT2D eigenvalue weighted by atomic mass is 19.4. The topological polar surface area (TPSA) is 49.6 Å². The molecule has 0 bridgehead atoms. The summed E-state index contributed by atoms with van der Waals surface area (Å²) in [6.45, 7) is 0. The Morgan fingerprint density at radius 1 is 0.679 bits per heavy atom. The van der Waals surface area contributed by atoms with E-state index in [4.69, 9.17) is 5.41 Å². The average molecular weight is 375 g/mol. The summed E-state index contributed by atoms with van der Waals surface area (Å²) in [5.74, 6) is 0. The molecule has 1 aliphatic rings. The van der Waals surface area contributed by atoms with Gasteiger partial charge in [-0.1, -0.05) is 42.5 Å². The minimum atomic E-state index is -4.36. The van der Waals surface area contributed by atoms with E-state index in [0.29, 0.717) is 33.7 Å². The van der Waals surface area contributed by atoms with Crippen LogP contribution in [0.15, 0.2) is 66.7 Å². The van der Waals surface area contributed by atoms with Crippen LogP contribution in [0.1, 0.15) is 16.8 Å². The molecule has 0 unspecified atom stereocenters. The van der Waals surface area contributed by atoms with Crippen LogP contribution in [-0.4, -0.2) is 15.7 Å². The second-order valence-corrected chi connectivity index (χ2v) is 6.62. The van der Waals surface area contributed by atoms with Gasteiger partial charge in [0.05, 0.1) is 28.0 Å². The fraction of sp³-hybridized carbons (Fsp3) is 0.0455. The Morgan fingerprint density at radius 3 is 2.04 bits per heavy atom. The fourth-order valence-corrected chi connectivity index (χ4v) is 3.48. The molecular weight excluding hydrogens is 363 g/mol. The van der Waals surface area contributed by atoms with Gasteiger partial charge in [-0.2, -0.15) is 13.2 Å². The SMILES string of the molecule is N=C1c2ccccc2-c2nc3ccc(-c4ccc(C(F)(F)F)cc4)cc3nc21. The lowest BCUT2D eigenvalue weighted by Crippen LogP contribution is -2.04. The van der Waals surface area contributed by atoms with Crippen molar-refractivity contribution in [1.29, 1.82) is 5.41 Å². The van der Waals surface area contributed by atoms with Crippen molar-refractivity contribution >= 4 is 16.7 Å². The maximum absolute atomic E-state index is 12.8. The van der Waals surface area contributed by atoms with E-state index in [1.807, 2.05) is 30.3 Å². The van der Waals surface area contributed by atoms with Gasteiger partial charge in [-0.05, 0) is 35.4 Å². The number of halogens is 3. The highest BCUT2D eigenvalue weighted by Gasteiger charge is 2.30. The Balaban J connectivity index is 1.61. The van der Waals surface area contributed by atoms with Crippen molar-refractivity contribution in [3.05, 3.63) is 83.6 Å². The summed E-state index contributed by atoms with van der Waals surface area (Å²) in [4.78, 5) is 9.30. The van der Waals surface area contributed by atoms with Gasteiger partial charge < -0.3 is 0 Å². The quantitative estimate of drug-likeness (QED) is 0.408. The zero-order valence-corrected chi connectivity index (χ0v) is 14.4. The molecule has 0 amide bonds. The molecule has 4 aromatic rings. The Bertz CT molecular complexity index is 1260. The molecule has 0 saturated carbocycles. The van der Waals surface area contributed by atoms with Crippen molar-refractivity contribution < 1.29 is 13.2 Å². The third-order valence-electron chi connectivity index (χ3n) is 4.90. The summed E-state index contributed by atoms with van der Waals surface area (Å²) in [6, 6.07) is 18.0. The van der Waals surface area contributed by atoms with Crippen molar-refractivity contribution in [2.75, 3.05) is 0 Å². The number of nitrogens with one attached hydrogen (secondary N) is 1. The Morgan fingerprint density at radius 2 is 1.32 bits per heavy atom. The zero-order chi connectivity index (χ0) is 19.5. The van der Waals surface area contributed by atoms with Crippen molar-refractivity contribution in [3.63, 3.8) is 0 Å². The largest absolute Gasteiger partial charge is 0.416 e. The maximum atomic E-state index is 12.8. The van der Waals surface area contributed by atoms with Crippen LogP contribution in [0.5, 0.6) is 0 Å². The first-order valence-electron chi connectivity index (χ1n) is 8.60. The Hall–Kier alpha value is -3.54. The number of benzene rings is 3. The molecule has 0 radical (unpaired) electrons. The molecule has 28 heavy (non-hydrogen) atoms. The molecular formula is C22H12F3N3. The smallest absolute Gasteiger partial charge is 0.298 e. The molecule has 136 valence electrons. The Kier molecular flexibility index (Phi) is 3.40. The predicted octanol–water partition coefficient (Wildman–Crippen LogP) is 5.71. The lowest BCUT2D eigenvalue weighted by Gasteiger charge is -2.09. The van der Waals surface area contributed by atoms with Crippen LogP contribution in [0.25, 0.3) is 33.4 Å². The van der Waals surface area contributed by atoms with E-state index >= 15 is 0 Å². The van der Waals surface area contributed by atoms with Gasteiger partial charge in [0, 0.05) is 11.1 Å². The summed E-state index contributed by atoms with van der Waals surface area (Å²) >= 11 is 0. The van der Waals surface area contributed by atoms with Crippen LogP contribution >= 0.6 is 0 Å². The normalized spacial score (nSPS) is 12.9. The summed E-state index contributed by atoms with van der Waals surface area (Å²) in [7, 11) is 0. The van der Waals surface area contributed by atoms with E-state index in [1.54, 1.807) is 12.1 Å². The minimum Gasteiger partial charge on any atom is -0.298 e. The first-order valence-corrected chi connectivity index (χ1v) is 8.60. The molecule has 1 aliphatic carbocycles. The molecule has 0 fully saturated rings. The van der Waals surface area contributed by atoms with Crippen LogP contribution in [-0.2, 0) is 6.18 Å². The Labute approximate surface area is 158 Å². The van der Waals surface area contributed by atoms with Crippen LogP contribution in [0, 0.1) is 5.41 Å². The molecule has 0 aliphatic heterocycles. The van der Waals surface area contributed by atoms with Crippen molar-refractivity contribution in [3.8, 4) is 22.4 Å². The van der Waals surface area contributed by atoms with Gasteiger partial charge in [-0.15, -0.1) is 0 Å². The number of fused-ring (bicyclic) bond motifs is 4. The van der Waals surface area contributed by atoms with Gasteiger partial charge in [0.15, 0.2) is 0 Å². The van der Waals surface area contributed by atoms with Gasteiger partial charge in [0.1, 0.15) is 5.69 Å². The van der Waals surface area contributed by atoms with E-state index in [-0.39, 0.29) is 0 Å². The van der Waals surface area contributed by atoms with Gasteiger partial charge in [0.25, 0.3) is 0 Å². The standard InChI is InChI=1S/C22H12F3N3/c23-22(24,25)14-8-5-12(6-9-14)13-7-10-17-18(11-13)28-21-19(26)15-3-1-2-4-16(15)20(21)27-17/h1-11,26H. The number of hydrogen-bond donors (Lipinski definition) is 1. The number of alkyl halides is 3. The molecule has 0 atom stereocenters. The third-order valence-corrected chi connectivity index (χ3v) is 4.90. The molecule has 1 N–H and O–H groups in total. The zero-order valence-electron chi connectivity index (χ0n) is 14.4. The number of hydrogen-bond acceptors (Lipinski definition) is 3. The first kappa shape index (κ1) is 16.6. The minimum absolute atomic E-state index is 0.333. The van der Waals surface area contributed by atoms with Gasteiger partial charge >= 0.3 is 6.18 Å². The van der Waals surface area contributed by atoms with E-state index in [2.05, 4.69) is 9.97 Å². The number of rotatable bonds is 1. The molecule has 6 heteroatoms. The van der Waals surface area contributed by atoms with Gasteiger partial charge in [-0.3, -0.25) is 5.41 Å². The van der Waals surface area contributed by atoms with Crippen LogP contribution in [0.3, 0.4) is 0 Å². The second-order valence-electron chi connectivity index (χ2n) is 6.62. The second kappa shape index (κ2) is 5.73. The summed E-state index contributed by atoms with van der Waals surface area (Å²) < 4.78 is 38.3. The van der Waals surface area contributed by atoms with Gasteiger partial charge in [-0.25, -0.2) is 9.97 Å². The number of aromatic nitrogens is 2. The highest BCUT2D eigenvalue weighted by Crippen LogP contribution is 2.36. The molecule has 1 heterocycles. The monoisotopic (exact) mass is 375 g/mol.